The maximum Gasteiger partial charge on any atom is 0.191 e. The first-order chi connectivity index (χ1) is 9.67. The van der Waals surface area contributed by atoms with Crippen molar-refractivity contribution in [1.29, 1.82) is 0 Å². The molecule has 7 heteroatoms. The topological polar surface area (TPSA) is 58.5 Å². The largest absolute Gasteiger partial charge is 0.385 e. The molecule has 1 aromatic heterocycles. The molecule has 2 N–H and O–H groups in total. The van der Waals surface area contributed by atoms with Gasteiger partial charge in [0.05, 0.1) is 10.7 Å². The van der Waals surface area contributed by atoms with Gasteiger partial charge in [-0.15, -0.1) is 35.3 Å². The van der Waals surface area contributed by atoms with Crippen LogP contribution >= 0.6 is 35.3 Å². The highest BCUT2D eigenvalue weighted by atomic mass is 127. The van der Waals surface area contributed by atoms with Crippen molar-refractivity contribution < 1.29 is 4.74 Å². The number of aromatic nitrogens is 1. The number of aryl methyl sites for hydroxylation is 2. The van der Waals surface area contributed by atoms with Gasteiger partial charge in [-0.25, -0.2) is 4.98 Å². The summed E-state index contributed by atoms with van der Waals surface area (Å²) in [5, 5.41) is 7.75. The average molecular weight is 426 g/mol. The molecule has 0 aliphatic rings. The molecule has 0 saturated heterocycles. The van der Waals surface area contributed by atoms with Crippen molar-refractivity contribution in [1.82, 2.24) is 15.6 Å². The predicted octanol–water partition coefficient (Wildman–Crippen LogP) is 2.51. The molecule has 0 aromatic carbocycles. The molecular formula is C14H27IN4OS. The Bertz CT molecular complexity index is 423. The standard InChI is InChI=1S/C14H26N4OS.HI/c1-5-15-14(16-8-6-10-19-4)17-9-7-13-11(2)18-12(3)20-13;/h5-10H2,1-4H3,(H2,15,16,17);1H. The predicted molar refractivity (Wildman–Crippen MR) is 101 cm³/mol. The first kappa shape index (κ1) is 20.6. The van der Waals surface area contributed by atoms with Crippen LogP contribution in [0, 0.1) is 13.8 Å². The van der Waals surface area contributed by atoms with E-state index in [0.29, 0.717) is 0 Å². The highest BCUT2D eigenvalue weighted by molar-refractivity contribution is 14.0. The van der Waals surface area contributed by atoms with Gasteiger partial charge in [0.15, 0.2) is 5.96 Å². The number of rotatable bonds is 8. The highest BCUT2D eigenvalue weighted by Gasteiger charge is 2.04. The van der Waals surface area contributed by atoms with Crippen molar-refractivity contribution in [2.24, 2.45) is 4.99 Å². The molecule has 5 nitrogen and oxygen atoms in total. The van der Waals surface area contributed by atoms with Crippen LogP contribution in [0.25, 0.3) is 0 Å². The van der Waals surface area contributed by atoms with Crippen LogP contribution in [0.5, 0.6) is 0 Å². The van der Waals surface area contributed by atoms with E-state index in [4.69, 9.17) is 4.74 Å². The number of guanidine groups is 1. The molecular weight excluding hydrogens is 399 g/mol. The van der Waals surface area contributed by atoms with Gasteiger partial charge in [-0.3, -0.25) is 4.99 Å². The van der Waals surface area contributed by atoms with Crippen molar-refractivity contribution >= 4 is 41.3 Å². The second-order valence-corrected chi connectivity index (χ2v) is 5.81. The number of nitrogens with one attached hydrogen (secondary N) is 2. The number of nitrogens with zero attached hydrogens (tertiary/aromatic N) is 2. The molecule has 0 amide bonds. The second kappa shape index (κ2) is 12.2. The van der Waals surface area contributed by atoms with Gasteiger partial charge in [0.25, 0.3) is 0 Å². The van der Waals surface area contributed by atoms with Crippen LogP contribution in [-0.4, -0.2) is 44.3 Å². The van der Waals surface area contributed by atoms with Crippen LogP contribution in [0.2, 0.25) is 0 Å². The first-order valence-corrected chi connectivity index (χ1v) is 7.93. The molecule has 1 rings (SSSR count). The van der Waals surface area contributed by atoms with Gasteiger partial charge in [0.2, 0.25) is 0 Å². The Morgan fingerprint density at radius 2 is 2.10 bits per heavy atom. The molecule has 0 aliphatic heterocycles. The quantitative estimate of drug-likeness (QED) is 0.290. The molecule has 0 atom stereocenters. The molecule has 21 heavy (non-hydrogen) atoms. The van der Waals surface area contributed by atoms with Crippen LogP contribution in [0.3, 0.4) is 0 Å². The minimum atomic E-state index is 0. The number of hydrogen-bond acceptors (Lipinski definition) is 4. The number of methoxy groups -OCH3 is 1. The smallest absolute Gasteiger partial charge is 0.191 e. The fourth-order valence-corrected chi connectivity index (χ4v) is 2.78. The SMILES string of the molecule is CCNC(=NCCCOC)NCCc1sc(C)nc1C.I. The Kier molecular flexibility index (Phi) is 11.9. The van der Waals surface area contributed by atoms with E-state index in [2.05, 4.69) is 41.4 Å². The fraction of sp³-hybridized carbons (Fsp3) is 0.714. The molecule has 0 bridgehead atoms. The van der Waals surface area contributed by atoms with Crippen LogP contribution in [0.15, 0.2) is 4.99 Å². The average Bonchev–Trinajstić information content (AvgIpc) is 2.73. The van der Waals surface area contributed by atoms with Crippen molar-refractivity contribution in [3.8, 4) is 0 Å². The van der Waals surface area contributed by atoms with Crippen LogP contribution < -0.4 is 10.6 Å². The summed E-state index contributed by atoms with van der Waals surface area (Å²) < 4.78 is 5.02. The Morgan fingerprint density at radius 3 is 2.67 bits per heavy atom. The summed E-state index contributed by atoms with van der Waals surface area (Å²) in [5.74, 6) is 0.877. The summed E-state index contributed by atoms with van der Waals surface area (Å²) >= 11 is 1.78. The summed E-state index contributed by atoms with van der Waals surface area (Å²) in [4.78, 5) is 10.3. The van der Waals surface area contributed by atoms with E-state index in [9.17, 15) is 0 Å². The lowest BCUT2D eigenvalue weighted by molar-refractivity contribution is 0.197. The fourth-order valence-electron chi connectivity index (χ4n) is 1.84. The van der Waals surface area contributed by atoms with Gasteiger partial charge < -0.3 is 15.4 Å². The van der Waals surface area contributed by atoms with Crippen LogP contribution in [-0.2, 0) is 11.2 Å². The third-order valence-corrected chi connectivity index (χ3v) is 3.90. The summed E-state index contributed by atoms with van der Waals surface area (Å²) in [6, 6.07) is 0. The Hall–Kier alpha value is -0.410. The van der Waals surface area contributed by atoms with E-state index in [-0.39, 0.29) is 24.0 Å². The van der Waals surface area contributed by atoms with Crippen molar-refractivity contribution in [2.75, 3.05) is 33.4 Å². The van der Waals surface area contributed by atoms with Crippen molar-refractivity contribution in [2.45, 2.75) is 33.6 Å². The van der Waals surface area contributed by atoms with Gasteiger partial charge in [-0.1, -0.05) is 0 Å². The van der Waals surface area contributed by atoms with E-state index in [1.165, 1.54) is 4.88 Å². The lowest BCUT2D eigenvalue weighted by atomic mass is 10.3. The zero-order chi connectivity index (χ0) is 14.8. The third kappa shape index (κ3) is 8.57. The Labute approximate surface area is 149 Å². The molecule has 0 spiro atoms. The molecule has 0 fully saturated rings. The number of halogens is 1. The van der Waals surface area contributed by atoms with Gasteiger partial charge in [0.1, 0.15) is 0 Å². The van der Waals surface area contributed by atoms with Crippen LogP contribution in [0.4, 0.5) is 0 Å². The van der Waals surface area contributed by atoms with Gasteiger partial charge in [-0.2, -0.15) is 0 Å². The monoisotopic (exact) mass is 426 g/mol. The summed E-state index contributed by atoms with van der Waals surface area (Å²) in [7, 11) is 1.71. The number of hydrogen-bond donors (Lipinski definition) is 2. The zero-order valence-corrected chi connectivity index (χ0v) is 16.5. The summed E-state index contributed by atoms with van der Waals surface area (Å²) in [5.41, 5.74) is 1.15. The Balaban J connectivity index is 0.00000400. The molecule has 0 saturated carbocycles. The molecule has 0 radical (unpaired) electrons. The van der Waals surface area contributed by atoms with E-state index in [1.807, 2.05) is 0 Å². The summed E-state index contributed by atoms with van der Waals surface area (Å²) in [6.45, 7) is 9.47. The number of ether oxygens (including phenoxy) is 1. The van der Waals surface area contributed by atoms with Crippen LogP contribution in [0.1, 0.15) is 28.9 Å². The number of aliphatic imine (C=N–C) groups is 1. The molecule has 0 aliphatic carbocycles. The minimum Gasteiger partial charge on any atom is -0.385 e. The highest BCUT2D eigenvalue weighted by Crippen LogP contribution is 2.16. The van der Waals surface area contributed by atoms with Gasteiger partial charge in [-0.05, 0) is 27.2 Å². The lowest BCUT2D eigenvalue weighted by Crippen LogP contribution is -2.38. The van der Waals surface area contributed by atoms with E-state index in [1.54, 1.807) is 18.4 Å². The maximum atomic E-state index is 5.02. The molecule has 1 aromatic rings. The molecule has 1 heterocycles. The number of thiazole rings is 1. The first-order valence-electron chi connectivity index (χ1n) is 7.11. The van der Waals surface area contributed by atoms with E-state index in [0.717, 1.165) is 55.7 Å². The normalized spacial score (nSPS) is 11.1. The summed E-state index contributed by atoms with van der Waals surface area (Å²) in [6.07, 6.45) is 1.93. The second-order valence-electron chi connectivity index (χ2n) is 4.53. The van der Waals surface area contributed by atoms with Crippen molar-refractivity contribution in [3.63, 3.8) is 0 Å². The van der Waals surface area contributed by atoms with E-state index < -0.39 is 0 Å². The lowest BCUT2D eigenvalue weighted by Gasteiger charge is -2.10. The van der Waals surface area contributed by atoms with Crippen molar-refractivity contribution in [3.05, 3.63) is 15.6 Å². The molecule has 0 unspecified atom stereocenters. The maximum absolute atomic E-state index is 5.02. The minimum absolute atomic E-state index is 0. The van der Waals surface area contributed by atoms with Gasteiger partial charge in [0, 0.05) is 44.6 Å². The zero-order valence-electron chi connectivity index (χ0n) is 13.4. The van der Waals surface area contributed by atoms with Gasteiger partial charge >= 0.3 is 0 Å². The third-order valence-electron chi connectivity index (χ3n) is 2.76. The van der Waals surface area contributed by atoms with E-state index >= 15 is 0 Å². The molecule has 122 valence electrons. The Morgan fingerprint density at radius 1 is 1.33 bits per heavy atom.